The lowest BCUT2D eigenvalue weighted by Crippen LogP contribution is -1.90. The molecule has 0 atom stereocenters. The monoisotopic (exact) mass is 213 g/mol. The molecule has 0 unspecified atom stereocenters. The van der Waals surface area contributed by atoms with Crippen molar-refractivity contribution < 1.29 is 9.53 Å². The van der Waals surface area contributed by atoms with Crippen molar-refractivity contribution in [1.82, 2.24) is 4.98 Å². The van der Waals surface area contributed by atoms with Gasteiger partial charge in [-0.15, -0.1) is 0 Å². The summed E-state index contributed by atoms with van der Waals surface area (Å²) >= 11 is 0. The highest BCUT2D eigenvalue weighted by Gasteiger charge is 2.01. The van der Waals surface area contributed by atoms with Crippen molar-refractivity contribution in [2.24, 2.45) is 0 Å². The zero-order chi connectivity index (χ0) is 11.4. The Kier molecular flexibility index (Phi) is 2.96. The van der Waals surface area contributed by atoms with E-state index in [1.807, 2.05) is 37.3 Å². The van der Waals surface area contributed by atoms with Gasteiger partial charge in [-0.05, 0) is 47.9 Å². The van der Waals surface area contributed by atoms with E-state index in [1.54, 1.807) is 12.4 Å². The summed E-state index contributed by atoms with van der Waals surface area (Å²) in [5, 5.41) is 0. The van der Waals surface area contributed by atoms with Crippen LogP contribution in [0.2, 0.25) is 0 Å². The highest BCUT2D eigenvalue weighted by molar-refractivity contribution is 5.66. The van der Waals surface area contributed by atoms with Gasteiger partial charge < -0.3 is 4.74 Å². The first kappa shape index (κ1) is 10.4. The van der Waals surface area contributed by atoms with Crippen LogP contribution in [0.5, 0.6) is 5.75 Å². The van der Waals surface area contributed by atoms with Crippen LogP contribution in [-0.4, -0.2) is 11.5 Å². The molecule has 0 N–H and O–H groups in total. The minimum Gasteiger partial charge on any atom is -0.429 e. The Balaban J connectivity index is 2.45. The Hall–Kier alpha value is -2.16. The van der Waals surface area contributed by atoms with Crippen molar-refractivity contribution >= 4 is 6.47 Å². The minimum atomic E-state index is 0.436. The quantitative estimate of drug-likeness (QED) is 0.735. The zero-order valence-corrected chi connectivity index (χ0v) is 8.88. The van der Waals surface area contributed by atoms with Crippen LogP contribution < -0.4 is 4.74 Å². The van der Waals surface area contributed by atoms with E-state index in [2.05, 4.69) is 4.98 Å². The molecule has 0 spiro atoms. The molecule has 0 radical (unpaired) electrons. The molecular formula is C13H11NO2. The number of benzene rings is 1. The zero-order valence-electron chi connectivity index (χ0n) is 8.88. The van der Waals surface area contributed by atoms with Crippen LogP contribution in [-0.2, 0) is 4.79 Å². The standard InChI is InChI=1S/C13H11NO2/c1-10-6-12(8-13(7-10)16-9-15)11-2-4-14-5-3-11/h2-9H,1H3. The van der Waals surface area contributed by atoms with Gasteiger partial charge in [-0.2, -0.15) is 0 Å². The fraction of sp³-hybridized carbons (Fsp3) is 0.0769. The molecular weight excluding hydrogens is 202 g/mol. The Labute approximate surface area is 93.7 Å². The first-order chi connectivity index (χ1) is 7.79. The molecule has 0 fully saturated rings. The molecule has 3 nitrogen and oxygen atoms in total. The summed E-state index contributed by atoms with van der Waals surface area (Å²) in [7, 11) is 0. The van der Waals surface area contributed by atoms with E-state index >= 15 is 0 Å². The third-order valence-electron chi connectivity index (χ3n) is 2.25. The average Bonchev–Trinajstić information content (AvgIpc) is 2.30. The number of nitrogens with zero attached hydrogens (tertiary/aromatic N) is 1. The van der Waals surface area contributed by atoms with Gasteiger partial charge in [0.25, 0.3) is 6.47 Å². The smallest absolute Gasteiger partial charge is 0.298 e. The highest BCUT2D eigenvalue weighted by atomic mass is 16.5. The van der Waals surface area contributed by atoms with E-state index in [-0.39, 0.29) is 0 Å². The summed E-state index contributed by atoms with van der Waals surface area (Å²) in [6, 6.07) is 9.52. The Bertz CT molecular complexity index is 495. The second-order valence-electron chi connectivity index (χ2n) is 3.48. The van der Waals surface area contributed by atoms with Gasteiger partial charge in [-0.3, -0.25) is 9.78 Å². The molecule has 0 saturated heterocycles. The van der Waals surface area contributed by atoms with Crippen LogP contribution in [0.15, 0.2) is 42.7 Å². The van der Waals surface area contributed by atoms with Gasteiger partial charge in [-0.1, -0.05) is 6.07 Å². The van der Waals surface area contributed by atoms with Gasteiger partial charge >= 0.3 is 0 Å². The molecule has 0 amide bonds. The third-order valence-corrected chi connectivity index (χ3v) is 2.25. The lowest BCUT2D eigenvalue weighted by atomic mass is 10.0. The van der Waals surface area contributed by atoms with Crippen molar-refractivity contribution in [2.75, 3.05) is 0 Å². The third kappa shape index (κ3) is 2.25. The second-order valence-corrected chi connectivity index (χ2v) is 3.48. The van der Waals surface area contributed by atoms with Gasteiger partial charge in [0, 0.05) is 12.4 Å². The number of carbonyl (C=O) groups excluding carboxylic acids is 1. The summed E-state index contributed by atoms with van der Waals surface area (Å²) in [4.78, 5) is 14.3. The number of hydrogen-bond donors (Lipinski definition) is 0. The number of aryl methyl sites for hydroxylation is 1. The first-order valence-electron chi connectivity index (χ1n) is 4.92. The number of aromatic nitrogens is 1. The number of carbonyl (C=O) groups is 1. The maximum atomic E-state index is 10.3. The molecule has 2 rings (SSSR count). The van der Waals surface area contributed by atoms with Crippen LogP contribution in [0.1, 0.15) is 5.56 Å². The average molecular weight is 213 g/mol. The molecule has 1 heterocycles. The number of pyridine rings is 1. The molecule has 2 aromatic rings. The van der Waals surface area contributed by atoms with Gasteiger partial charge in [0.1, 0.15) is 5.75 Å². The van der Waals surface area contributed by atoms with Crippen molar-refractivity contribution in [2.45, 2.75) is 6.92 Å². The molecule has 1 aromatic carbocycles. The van der Waals surface area contributed by atoms with E-state index in [1.165, 1.54) is 0 Å². The molecule has 0 saturated carbocycles. The number of ether oxygens (including phenoxy) is 1. The highest BCUT2D eigenvalue weighted by Crippen LogP contribution is 2.25. The molecule has 3 heteroatoms. The van der Waals surface area contributed by atoms with Crippen LogP contribution in [0.3, 0.4) is 0 Å². The Morgan fingerprint density at radius 1 is 1.12 bits per heavy atom. The van der Waals surface area contributed by atoms with Crippen LogP contribution in [0.4, 0.5) is 0 Å². The van der Waals surface area contributed by atoms with Crippen LogP contribution in [0, 0.1) is 6.92 Å². The van der Waals surface area contributed by atoms with Gasteiger partial charge in [0.05, 0.1) is 0 Å². The van der Waals surface area contributed by atoms with Gasteiger partial charge in [0.15, 0.2) is 0 Å². The summed E-state index contributed by atoms with van der Waals surface area (Å²) < 4.78 is 4.85. The van der Waals surface area contributed by atoms with E-state index in [0.717, 1.165) is 16.7 Å². The Morgan fingerprint density at radius 2 is 1.88 bits per heavy atom. The lowest BCUT2D eigenvalue weighted by molar-refractivity contribution is -0.120. The summed E-state index contributed by atoms with van der Waals surface area (Å²) in [5.74, 6) is 0.557. The van der Waals surface area contributed by atoms with Crippen molar-refractivity contribution in [3.63, 3.8) is 0 Å². The van der Waals surface area contributed by atoms with Crippen molar-refractivity contribution in [1.29, 1.82) is 0 Å². The number of rotatable bonds is 3. The fourth-order valence-corrected chi connectivity index (χ4v) is 1.58. The van der Waals surface area contributed by atoms with Gasteiger partial charge in [-0.25, -0.2) is 0 Å². The van der Waals surface area contributed by atoms with Crippen LogP contribution >= 0.6 is 0 Å². The summed E-state index contributed by atoms with van der Waals surface area (Å²) in [5.41, 5.74) is 3.11. The molecule has 0 aliphatic heterocycles. The molecule has 0 aliphatic rings. The fourth-order valence-electron chi connectivity index (χ4n) is 1.58. The molecule has 1 aromatic heterocycles. The molecule has 80 valence electrons. The lowest BCUT2D eigenvalue weighted by Gasteiger charge is -2.05. The van der Waals surface area contributed by atoms with Crippen LogP contribution in [0.25, 0.3) is 11.1 Å². The van der Waals surface area contributed by atoms with E-state index < -0.39 is 0 Å². The predicted molar refractivity (Wildman–Crippen MR) is 61.1 cm³/mol. The van der Waals surface area contributed by atoms with E-state index in [9.17, 15) is 4.79 Å². The SMILES string of the molecule is Cc1cc(OC=O)cc(-c2ccncc2)c1. The maximum Gasteiger partial charge on any atom is 0.298 e. The topological polar surface area (TPSA) is 39.2 Å². The normalized spacial score (nSPS) is 9.81. The molecule has 16 heavy (non-hydrogen) atoms. The predicted octanol–water partition coefficient (Wildman–Crippen LogP) is 2.59. The largest absolute Gasteiger partial charge is 0.429 e. The first-order valence-corrected chi connectivity index (χ1v) is 4.92. The Morgan fingerprint density at radius 3 is 2.56 bits per heavy atom. The second kappa shape index (κ2) is 4.57. The summed E-state index contributed by atoms with van der Waals surface area (Å²) in [6.07, 6.45) is 3.47. The van der Waals surface area contributed by atoms with Gasteiger partial charge in [0.2, 0.25) is 0 Å². The number of hydrogen-bond acceptors (Lipinski definition) is 3. The molecule has 0 bridgehead atoms. The van der Waals surface area contributed by atoms with E-state index in [4.69, 9.17) is 4.74 Å². The van der Waals surface area contributed by atoms with E-state index in [0.29, 0.717) is 12.2 Å². The minimum absolute atomic E-state index is 0.436. The maximum absolute atomic E-state index is 10.3. The van der Waals surface area contributed by atoms with Crippen molar-refractivity contribution in [3.8, 4) is 16.9 Å². The van der Waals surface area contributed by atoms with Crippen molar-refractivity contribution in [3.05, 3.63) is 48.3 Å². The molecule has 0 aliphatic carbocycles. The summed E-state index contributed by atoms with van der Waals surface area (Å²) in [6.45, 7) is 2.40.